The lowest BCUT2D eigenvalue weighted by molar-refractivity contribution is -0.121. The zero-order valence-electron chi connectivity index (χ0n) is 12.7. The molecule has 1 aliphatic heterocycles. The number of hydrogen-bond donors (Lipinski definition) is 1. The summed E-state index contributed by atoms with van der Waals surface area (Å²) in [5.74, 6) is -0.294. The summed E-state index contributed by atoms with van der Waals surface area (Å²) in [6.07, 6.45) is 0. The van der Waals surface area contributed by atoms with Crippen LogP contribution in [0.4, 0.5) is 11.4 Å². The first-order valence-electron chi connectivity index (χ1n) is 7.11. The number of ether oxygens (including phenoxy) is 1. The van der Waals surface area contributed by atoms with E-state index in [-0.39, 0.29) is 5.91 Å². The molecule has 1 atom stereocenters. The molecule has 0 saturated carbocycles. The van der Waals surface area contributed by atoms with Crippen LogP contribution in [0.5, 0.6) is 0 Å². The maximum atomic E-state index is 11.9. The Morgan fingerprint density at radius 3 is 2.67 bits per heavy atom. The second-order valence-electron chi connectivity index (χ2n) is 5.86. The van der Waals surface area contributed by atoms with Gasteiger partial charge >= 0.3 is 0 Å². The molecule has 1 aromatic carbocycles. The molecule has 1 N–H and O–H groups in total. The zero-order valence-corrected chi connectivity index (χ0v) is 12.7. The van der Waals surface area contributed by atoms with Gasteiger partial charge in [0, 0.05) is 24.0 Å². The van der Waals surface area contributed by atoms with Gasteiger partial charge in [0.1, 0.15) is 5.41 Å². The predicted molar refractivity (Wildman–Crippen MR) is 82.1 cm³/mol. The molecule has 1 heterocycles. The van der Waals surface area contributed by atoms with Gasteiger partial charge in [-0.05, 0) is 45.0 Å². The van der Waals surface area contributed by atoms with E-state index in [2.05, 4.69) is 17.1 Å². The fourth-order valence-corrected chi connectivity index (χ4v) is 2.19. The number of hydrogen-bond acceptors (Lipinski definition) is 4. The van der Waals surface area contributed by atoms with Gasteiger partial charge < -0.3 is 15.0 Å². The lowest BCUT2D eigenvalue weighted by Gasteiger charge is -2.35. The number of nitrogens with one attached hydrogen (secondary N) is 1. The van der Waals surface area contributed by atoms with E-state index in [1.165, 1.54) is 0 Å². The van der Waals surface area contributed by atoms with Crippen molar-refractivity contribution in [2.45, 2.75) is 26.8 Å². The van der Waals surface area contributed by atoms with Gasteiger partial charge in [0.05, 0.1) is 19.3 Å². The first kappa shape index (κ1) is 15.3. The van der Waals surface area contributed by atoms with Crippen molar-refractivity contribution in [1.82, 2.24) is 0 Å². The van der Waals surface area contributed by atoms with Gasteiger partial charge in [-0.3, -0.25) is 4.79 Å². The summed E-state index contributed by atoms with van der Waals surface area (Å²) in [7, 11) is 0. The molecule has 0 aliphatic carbocycles. The van der Waals surface area contributed by atoms with E-state index in [0.717, 1.165) is 25.4 Å². The van der Waals surface area contributed by atoms with Gasteiger partial charge in [0.2, 0.25) is 5.91 Å². The Morgan fingerprint density at radius 2 is 2.10 bits per heavy atom. The smallest absolute Gasteiger partial charge is 0.244 e. The topological polar surface area (TPSA) is 65.4 Å². The maximum Gasteiger partial charge on any atom is 0.244 e. The van der Waals surface area contributed by atoms with Gasteiger partial charge in [-0.25, -0.2) is 0 Å². The summed E-state index contributed by atoms with van der Waals surface area (Å²) in [5, 5.41) is 11.7. The Kier molecular flexibility index (Phi) is 4.49. The third kappa shape index (κ3) is 3.53. The average molecular weight is 287 g/mol. The number of morpholine rings is 1. The Balaban J connectivity index is 2.06. The van der Waals surface area contributed by atoms with Crippen LogP contribution < -0.4 is 10.2 Å². The summed E-state index contributed by atoms with van der Waals surface area (Å²) in [5.41, 5.74) is 0.786. The Morgan fingerprint density at radius 1 is 1.43 bits per heavy atom. The number of carbonyl (C=O) groups excluding carboxylic acids is 1. The van der Waals surface area contributed by atoms with Gasteiger partial charge in [-0.1, -0.05) is 0 Å². The number of benzene rings is 1. The standard InChI is InChI=1S/C16H21N3O2/c1-12-10-21-9-8-19(12)14-6-4-13(5-7-14)18-15(20)16(2,3)11-17/h4-7,12H,8-10H2,1-3H3,(H,18,20)/t12-/m1/s1. The van der Waals surface area contributed by atoms with Crippen molar-refractivity contribution in [3.63, 3.8) is 0 Å². The molecule has 0 radical (unpaired) electrons. The minimum absolute atomic E-state index is 0.294. The SMILES string of the molecule is C[C@@H]1COCCN1c1ccc(NC(=O)C(C)(C)C#N)cc1. The molecule has 0 aromatic heterocycles. The monoisotopic (exact) mass is 287 g/mol. The van der Waals surface area contributed by atoms with E-state index >= 15 is 0 Å². The number of anilines is 2. The highest BCUT2D eigenvalue weighted by atomic mass is 16.5. The quantitative estimate of drug-likeness (QED) is 0.927. The molecule has 1 aliphatic rings. The minimum atomic E-state index is -1.03. The van der Waals surface area contributed by atoms with Crippen LogP contribution >= 0.6 is 0 Å². The van der Waals surface area contributed by atoms with E-state index < -0.39 is 5.41 Å². The molecule has 1 fully saturated rings. The van der Waals surface area contributed by atoms with Crippen LogP contribution in [-0.2, 0) is 9.53 Å². The van der Waals surface area contributed by atoms with E-state index in [1.807, 2.05) is 30.3 Å². The molecule has 0 bridgehead atoms. The Hall–Kier alpha value is -2.06. The third-order valence-electron chi connectivity index (χ3n) is 3.67. The number of carbonyl (C=O) groups is 1. The highest BCUT2D eigenvalue weighted by Crippen LogP contribution is 2.23. The van der Waals surface area contributed by atoms with Crippen LogP contribution in [0.25, 0.3) is 0 Å². The summed E-state index contributed by atoms with van der Waals surface area (Å²) in [6.45, 7) is 7.67. The van der Waals surface area contributed by atoms with Crippen LogP contribution in [0.2, 0.25) is 0 Å². The normalized spacial score (nSPS) is 19.0. The Labute approximate surface area is 125 Å². The fourth-order valence-electron chi connectivity index (χ4n) is 2.19. The van der Waals surface area contributed by atoms with Crippen molar-refractivity contribution < 1.29 is 9.53 Å². The van der Waals surface area contributed by atoms with Crippen molar-refractivity contribution in [3.8, 4) is 6.07 Å². The van der Waals surface area contributed by atoms with Crippen molar-refractivity contribution in [1.29, 1.82) is 5.26 Å². The van der Waals surface area contributed by atoms with Gasteiger partial charge in [-0.15, -0.1) is 0 Å². The lowest BCUT2D eigenvalue weighted by atomic mass is 9.94. The molecule has 5 nitrogen and oxygen atoms in total. The first-order valence-corrected chi connectivity index (χ1v) is 7.11. The fraction of sp³-hybridized carbons (Fsp3) is 0.500. The predicted octanol–water partition coefficient (Wildman–Crippen LogP) is 2.40. The summed E-state index contributed by atoms with van der Waals surface area (Å²) in [6, 6.07) is 10.0. The number of rotatable bonds is 3. The van der Waals surface area contributed by atoms with Gasteiger partial charge in [0.15, 0.2) is 0 Å². The summed E-state index contributed by atoms with van der Waals surface area (Å²) < 4.78 is 5.43. The molecule has 5 heteroatoms. The van der Waals surface area contributed by atoms with Crippen molar-refractivity contribution in [2.75, 3.05) is 30.0 Å². The molecular formula is C16H21N3O2. The highest BCUT2D eigenvalue weighted by Gasteiger charge is 2.27. The van der Waals surface area contributed by atoms with Gasteiger partial charge in [0.25, 0.3) is 0 Å². The highest BCUT2D eigenvalue weighted by molar-refractivity contribution is 5.96. The van der Waals surface area contributed by atoms with Crippen molar-refractivity contribution in [3.05, 3.63) is 24.3 Å². The molecule has 0 spiro atoms. The summed E-state index contributed by atoms with van der Waals surface area (Å²) in [4.78, 5) is 14.2. The largest absolute Gasteiger partial charge is 0.377 e. The molecule has 1 aromatic rings. The van der Waals surface area contributed by atoms with Crippen LogP contribution in [0.3, 0.4) is 0 Å². The van der Waals surface area contributed by atoms with Crippen molar-refractivity contribution in [2.24, 2.45) is 5.41 Å². The molecule has 0 unspecified atom stereocenters. The van der Waals surface area contributed by atoms with Crippen LogP contribution in [0.15, 0.2) is 24.3 Å². The molecular weight excluding hydrogens is 266 g/mol. The van der Waals surface area contributed by atoms with Gasteiger partial charge in [-0.2, -0.15) is 5.26 Å². The number of amides is 1. The van der Waals surface area contributed by atoms with E-state index in [1.54, 1.807) is 13.8 Å². The molecule has 1 saturated heterocycles. The summed E-state index contributed by atoms with van der Waals surface area (Å²) >= 11 is 0. The molecule has 21 heavy (non-hydrogen) atoms. The molecule has 2 rings (SSSR count). The average Bonchev–Trinajstić information content (AvgIpc) is 2.48. The second kappa shape index (κ2) is 6.15. The van der Waals surface area contributed by atoms with E-state index in [4.69, 9.17) is 10.00 Å². The van der Waals surface area contributed by atoms with Crippen LogP contribution in [-0.4, -0.2) is 31.7 Å². The zero-order chi connectivity index (χ0) is 15.5. The molecule has 1 amide bonds. The van der Waals surface area contributed by atoms with Crippen LogP contribution in [0, 0.1) is 16.7 Å². The second-order valence-corrected chi connectivity index (χ2v) is 5.86. The maximum absolute atomic E-state index is 11.9. The van der Waals surface area contributed by atoms with E-state index in [9.17, 15) is 4.79 Å². The molecule has 112 valence electrons. The van der Waals surface area contributed by atoms with Crippen LogP contribution in [0.1, 0.15) is 20.8 Å². The third-order valence-corrected chi connectivity index (χ3v) is 3.67. The lowest BCUT2D eigenvalue weighted by Crippen LogP contribution is -2.43. The first-order chi connectivity index (χ1) is 9.94. The number of nitrogens with zero attached hydrogens (tertiary/aromatic N) is 2. The van der Waals surface area contributed by atoms with Crippen molar-refractivity contribution >= 4 is 17.3 Å². The Bertz CT molecular complexity index is 546. The number of nitriles is 1. The van der Waals surface area contributed by atoms with E-state index in [0.29, 0.717) is 11.7 Å². The minimum Gasteiger partial charge on any atom is -0.377 e.